The molecule has 0 aromatic heterocycles. The first-order valence-electron chi connectivity index (χ1n) is 7.29. The van der Waals surface area contributed by atoms with Crippen LogP contribution >= 0.6 is 0 Å². The Hall–Kier alpha value is -1.62. The quantitative estimate of drug-likeness (QED) is 0.353. The molecule has 0 atom stereocenters. The van der Waals surface area contributed by atoms with Gasteiger partial charge in [-0.15, -0.1) is 0 Å². The van der Waals surface area contributed by atoms with Gasteiger partial charge in [0.25, 0.3) is 10.1 Å². The monoisotopic (exact) mass is 418 g/mol. The Labute approximate surface area is 180 Å². The number of hydrogen-bond acceptors (Lipinski definition) is 6. The topological polar surface area (TPSA) is 107 Å². The Balaban J connectivity index is 0.00000196. The standard InChI is InChI=1S/C17H14O7S2.Na.H/c1-23-17-11-14(25(18,19)20)8-9-16(17)24-26(21,22)15-7-6-12-4-2-3-5-13(12)10-15;;/h2-11H,1H3,(H,18,19,20);;/q;+1;-1. The maximum atomic E-state index is 12.5. The van der Waals surface area contributed by atoms with E-state index in [2.05, 4.69) is 0 Å². The van der Waals surface area contributed by atoms with Crippen molar-refractivity contribution in [3.63, 3.8) is 0 Å². The van der Waals surface area contributed by atoms with Crippen LogP contribution in [0.1, 0.15) is 1.43 Å². The second-order valence-corrected chi connectivity index (χ2v) is 8.30. The Morgan fingerprint density at radius 3 is 2.07 bits per heavy atom. The van der Waals surface area contributed by atoms with Gasteiger partial charge < -0.3 is 10.3 Å². The van der Waals surface area contributed by atoms with E-state index in [0.717, 1.165) is 29.0 Å². The van der Waals surface area contributed by atoms with Gasteiger partial charge in [-0.3, -0.25) is 4.55 Å². The fourth-order valence-electron chi connectivity index (χ4n) is 2.37. The molecular weight excluding hydrogens is 403 g/mol. The molecule has 7 nitrogen and oxygen atoms in total. The fourth-order valence-corrected chi connectivity index (χ4v) is 3.84. The van der Waals surface area contributed by atoms with E-state index in [1.54, 1.807) is 18.2 Å². The molecule has 1 N–H and O–H groups in total. The second-order valence-electron chi connectivity index (χ2n) is 5.33. The van der Waals surface area contributed by atoms with Gasteiger partial charge in [0.2, 0.25) is 0 Å². The van der Waals surface area contributed by atoms with Crippen molar-refractivity contribution in [2.75, 3.05) is 7.11 Å². The van der Waals surface area contributed by atoms with Crippen molar-refractivity contribution >= 4 is 31.0 Å². The molecule has 0 aliphatic rings. The summed E-state index contributed by atoms with van der Waals surface area (Å²) in [7, 11) is -7.41. The summed E-state index contributed by atoms with van der Waals surface area (Å²) in [6.07, 6.45) is 0. The minimum absolute atomic E-state index is 0. The maximum absolute atomic E-state index is 12.5. The van der Waals surface area contributed by atoms with Crippen LogP contribution < -0.4 is 38.5 Å². The van der Waals surface area contributed by atoms with Crippen molar-refractivity contribution in [2.24, 2.45) is 0 Å². The normalized spacial score (nSPS) is 11.6. The third-order valence-electron chi connectivity index (χ3n) is 3.64. The Kier molecular flexibility index (Phi) is 6.56. The van der Waals surface area contributed by atoms with Crippen LogP contribution in [0.5, 0.6) is 11.5 Å². The van der Waals surface area contributed by atoms with Crippen LogP contribution in [0.25, 0.3) is 10.8 Å². The SMILES string of the molecule is COc1cc(S(=O)(=O)O)ccc1OS(=O)(=O)c1ccc2ccccc2c1.[H-].[Na+]. The smallest absolute Gasteiger partial charge is 1.00 e. The first-order valence-corrected chi connectivity index (χ1v) is 10.1. The Morgan fingerprint density at radius 1 is 0.815 bits per heavy atom. The number of rotatable bonds is 5. The molecule has 0 amide bonds. The number of fused-ring (bicyclic) bond motifs is 1. The van der Waals surface area contributed by atoms with E-state index in [9.17, 15) is 16.8 Å². The molecule has 0 aliphatic carbocycles. The summed E-state index contributed by atoms with van der Waals surface area (Å²) < 4.78 is 66.6. The van der Waals surface area contributed by atoms with Gasteiger partial charge in [0, 0.05) is 6.07 Å². The average molecular weight is 418 g/mol. The van der Waals surface area contributed by atoms with Crippen LogP contribution in [0.15, 0.2) is 70.5 Å². The molecule has 10 heteroatoms. The summed E-state index contributed by atoms with van der Waals surface area (Å²) in [5.74, 6) is -0.349. The molecule has 0 spiro atoms. The molecule has 0 fully saturated rings. The number of ether oxygens (including phenoxy) is 1. The van der Waals surface area contributed by atoms with Crippen LogP contribution in [-0.2, 0) is 20.2 Å². The molecule has 0 radical (unpaired) electrons. The molecule has 27 heavy (non-hydrogen) atoms. The molecule has 138 valence electrons. The number of benzene rings is 3. The van der Waals surface area contributed by atoms with Crippen LogP contribution in [-0.4, -0.2) is 28.5 Å². The molecule has 0 unspecified atom stereocenters. The van der Waals surface area contributed by atoms with E-state index in [1.807, 2.05) is 12.1 Å². The maximum Gasteiger partial charge on any atom is 1.00 e. The van der Waals surface area contributed by atoms with Gasteiger partial charge in [0.1, 0.15) is 4.90 Å². The van der Waals surface area contributed by atoms with Gasteiger partial charge in [0.05, 0.1) is 12.0 Å². The minimum atomic E-state index is -4.46. The average Bonchev–Trinajstić information content (AvgIpc) is 2.60. The Morgan fingerprint density at radius 2 is 1.44 bits per heavy atom. The first-order chi connectivity index (χ1) is 12.2. The molecule has 0 saturated heterocycles. The molecule has 3 rings (SSSR count). The van der Waals surface area contributed by atoms with Crippen LogP contribution in [0.3, 0.4) is 0 Å². The molecule has 0 bridgehead atoms. The largest absolute Gasteiger partial charge is 1.00 e. The molecule has 3 aromatic carbocycles. The van der Waals surface area contributed by atoms with Gasteiger partial charge in [-0.1, -0.05) is 30.3 Å². The summed E-state index contributed by atoms with van der Waals surface area (Å²) in [4.78, 5) is -0.498. The van der Waals surface area contributed by atoms with Crippen LogP contribution in [0, 0.1) is 0 Å². The van der Waals surface area contributed by atoms with E-state index in [1.165, 1.54) is 19.2 Å². The van der Waals surface area contributed by atoms with Crippen molar-refractivity contribution < 1.29 is 61.3 Å². The van der Waals surface area contributed by atoms with Crippen molar-refractivity contribution in [2.45, 2.75) is 9.79 Å². The molecule has 0 saturated carbocycles. The third kappa shape index (κ3) is 4.81. The van der Waals surface area contributed by atoms with Gasteiger partial charge in [-0.2, -0.15) is 16.8 Å². The summed E-state index contributed by atoms with van der Waals surface area (Å²) in [6, 6.07) is 14.9. The van der Waals surface area contributed by atoms with E-state index in [0.29, 0.717) is 0 Å². The number of methoxy groups -OCH3 is 1. The van der Waals surface area contributed by atoms with Crippen molar-refractivity contribution in [3.8, 4) is 11.5 Å². The van der Waals surface area contributed by atoms with Gasteiger partial charge in [-0.05, 0) is 35.0 Å². The second kappa shape index (κ2) is 8.17. The van der Waals surface area contributed by atoms with Crippen LogP contribution in [0.4, 0.5) is 0 Å². The van der Waals surface area contributed by atoms with Gasteiger partial charge in [-0.25, -0.2) is 0 Å². The van der Waals surface area contributed by atoms with Crippen molar-refractivity contribution in [1.82, 2.24) is 0 Å². The zero-order valence-electron chi connectivity index (χ0n) is 15.5. The Bertz CT molecular complexity index is 1200. The van der Waals surface area contributed by atoms with Gasteiger partial charge in [0.15, 0.2) is 11.5 Å². The van der Waals surface area contributed by atoms with E-state index in [-0.39, 0.29) is 47.4 Å². The molecular formula is C17H15NaO7S2. The molecule has 0 heterocycles. The van der Waals surface area contributed by atoms with Crippen molar-refractivity contribution in [1.29, 1.82) is 0 Å². The predicted octanol–water partition coefficient (Wildman–Crippen LogP) is -0.0207. The summed E-state index contributed by atoms with van der Waals surface area (Å²) in [5.41, 5.74) is 0. The zero-order valence-corrected chi connectivity index (χ0v) is 18.1. The molecule has 0 aliphatic heterocycles. The number of hydrogen-bond donors (Lipinski definition) is 1. The van der Waals surface area contributed by atoms with Crippen LogP contribution in [0.2, 0.25) is 0 Å². The third-order valence-corrected chi connectivity index (χ3v) is 5.72. The van der Waals surface area contributed by atoms with Gasteiger partial charge >= 0.3 is 39.7 Å². The summed E-state index contributed by atoms with van der Waals surface area (Å²) in [6.45, 7) is 0. The minimum Gasteiger partial charge on any atom is -1.00 e. The van der Waals surface area contributed by atoms with Crippen molar-refractivity contribution in [3.05, 3.63) is 60.7 Å². The fraction of sp³-hybridized carbons (Fsp3) is 0.0588. The summed E-state index contributed by atoms with van der Waals surface area (Å²) in [5, 5.41) is 1.60. The predicted molar refractivity (Wildman–Crippen MR) is 95.7 cm³/mol. The first kappa shape index (κ1) is 21.7. The zero-order chi connectivity index (χ0) is 18.9. The van der Waals surface area contributed by atoms with E-state index < -0.39 is 25.1 Å². The summed E-state index contributed by atoms with van der Waals surface area (Å²) >= 11 is 0. The van der Waals surface area contributed by atoms with E-state index >= 15 is 0 Å². The van der Waals surface area contributed by atoms with E-state index in [4.69, 9.17) is 13.5 Å². The molecule has 3 aromatic rings.